The summed E-state index contributed by atoms with van der Waals surface area (Å²) in [5, 5.41) is 3.30. The average Bonchev–Trinajstić information content (AvgIpc) is 2.50. The number of rotatable bonds is 5. The van der Waals surface area contributed by atoms with Crippen molar-refractivity contribution >= 4 is 17.1 Å². The molecule has 0 amide bonds. The zero-order valence-electron chi connectivity index (χ0n) is 12.7. The highest BCUT2D eigenvalue weighted by Gasteiger charge is 2.10. The average molecular weight is 288 g/mol. The van der Waals surface area contributed by atoms with E-state index in [1.807, 2.05) is 31.2 Å². The van der Waals surface area contributed by atoms with Crippen molar-refractivity contribution in [3.8, 4) is 17.2 Å². The molecule has 2 aromatic rings. The molecule has 5 heteroatoms. The van der Waals surface area contributed by atoms with Crippen LogP contribution in [0.1, 0.15) is 5.56 Å². The third-order valence-electron chi connectivity index (χ3n) is 3.26. The van der Waals surface area contributed by atoms with Gasteiger partial charge in [-0.3, -0.25) is 0 Å². The summed E-state index contributed by atoms with van der Waals surface area (Å²) in [6.07, 6.45) is 0. The van der Waals surface area contributed by atoms with E-state index in [0.29, 0.717) is 17.2 Å². The number of hydrogen-bond acceptors (Lipinski definition) is 5. The first-order valence-electron chi connectivity index (χ1n) is 6.52. The number of benzene rings is 2. The largest absolute Gasteiger partial charge is 0.497 e. The van der Waals surface area contributed by atoms with E-state index in [1.165, 1.54) is 0 Å². The van der Waals surface area contributed by atoms with Crippen LogP contribution in [0.3, 0.4) is 0 Å². The fourth-order valence-electron chi connectivity index (χ4n) is 2.05. The van der Waals surface area contributed by atoms with Gasteiger partial charge in [-0.05, 0) is 30.7 Å². The second-order valence-corrected chi connectivity index (χ2v) is 4.60. The Bertz CT molecular complexity index is 642. The smallest absolute Gasteiger partial charge is 0.162 e. The molecule has 0 radical (unpaired) electrons. The van der Waals surface area contributed by atoms with Gasteiger partial charge in [0.2, 0.25) is 0 Å². The molecule has 0 spiro atoms. The van der Waals surface area contributed by atoms with Crippen molar-refractivity contribution in [3.05, 3.63) is 35.9 Å². The van der Waals surface area contributed by atoms with E-state index in [1.54, 1.807) is 27.4 Å². The Kier molecular flexibility index (Phi) is 4.42. The first-order valence-corrected chi connectivity index (χ1v) is 6.52. The van der Waals surface area contributed by atoms with Gasteiger partial charge in [-0.2, -0.15) is 0 Å². The number of hydrogen-bond donors (Lipinski definition) is 2. The quantitative estimate of drug-likeness (QED) is 0.826. The highest BCUT2D eigenvalue weighted by Crippen LogP contribution is 2.36. The highest BCUT2D eigenvalue weighted by molar-refractivity contribution is 5.77. The summed E-state index contributed by atoms with van der Waals surface area (Å²) in [6.45, 7) is 2.00. The van der Waals surface area contributed by atoms with E-state index in [9.17, 15) is 0 Å². The Morgan fingerprint density at radius 3 is 2.10 bits per heavy atom. The molecule has 0 aliphatic rings. The molecule has 0 heterocycles. The summed E-state index contributed by atoms with van der Waals surface area (Å²) in [4.78, 5) is 0. The summed E-state index contributed by atoms with van der Waals surface area (Å²) in [7, 11) is 4.82. The van der Waals surface area contributed by atoms with E-state index in [2.05, 4.69) is 5.32 Å². The van der Waals surface area contributed by atoms with E-state index in [0.717, 1.165) is 22.7 Å². The van der Waals surface area contributed by atoms with Crippen LogP contribution in [0, 0.1) is 6.92 Å². The van der Waals surface area contributed by atoms with Crippen molar-refractivity contribution in [2.75, 3.05) is 32.4 Å². The predicted octanol–water partition coefficient (Wildman–Crippen LogP) is 3.35. The molecular formula is C16H20N2O3. The van der Waals surface area contributed by atoms with Gasteiger partial charge in [-0.25, -0.2) is 0 Å². The number of nitrogen functional groups attached to an aromatic ring is 1. The maximum Gasteiger partial charge on any atom is 0.162 e. The molecule has 3 N–H and O–H groups in total. The Labute approximate surface area is 124 Å². The minimum Gasteiger partial charge on any atom is -0.497 e. The highest BCUT2D eigenvalue weighted by atomic mass is 16.5. The van der Waals surface area contributed by atoms with Crippen LogP contribution in [0.15, 0.2) is 30.3 Å². The molecule has 0 saturated carbocycles. The first kappa shape index (κ1) is 14.8. The van der Waals surface area contributed by atoms with Crippen molar-refractivity contribution in [1.29, 1.82) is 0 Å². The van der Waals surface area contributed by atoms with Gasteiger partial charge < -0.3 is 25.3 Å². The molecule has 0 saturated heterocycles. The third kappa shape index (κ3) is 3.13. The normalized spacial score (nSPS) is 10.1. The molecule has 5 nitrogen and oxygen atoms in total. The molecule has 0 aliphatic heterocycles. The van der Waals surface area contributed by atoms with Crippen molar-refractivity contribution in [2.24, 2.45) is 0 Å². The fourth-order valence-corrected chi connectivity index (χ4v) is 2.05. The van der Waals surface area contributed by atoms with Gasteiger partial charge in [0.15, 0.2) is 11.5 Å². The van der Waals surface area contributed by atoms with Crippen LogP contribution in [-0.4, -0.2) is 21.3 Å². The molecule has 0 aromatic heterocycles. The second kappa shape index (κ2) is 6.26. The molecule has 0 atom stereocenters. The van der Waals surface area contributed by atoms with Gasteiger partial charge in [0.1, 0.15) is 5.75 Å². The number of methoxy groups -OCH3 is 3. The van der Waals surface area contributed by atoms with Crippen LogP contribution in [0.5, 0.6) is 17.2 Å². The van der Waals surface area contributed by atoms with E-state index < -0.39 is 0 Å². The Hall–Kier alpha value is -2.56. The van der Waals surface area contributed by atoms with Crippen LogP contribution in [0.4, 0.5) is 17.1 Å². The SMILES string of the molecule is COc1ccc(Nc2cc(OC)c(OC)cc2N)c(C)c1. The molecule has 21 heavy (non-hydrogen) atoms. The number of ether oxygens (including phenoxy) is 3. The Morgan fingerprint density at radius 2 is 1.52 bits per heavy atom. The number of nitrogens with two attached hydrogens (primary N) is 1. The monoisotopic (exact) mass is 288 g/mol. The summed E-state index contributed by atoms with van der Waals surface area (Å²) >= 11 is 0. The number of anilines is 3. The molecular weight excluding hydrogens is 268 g/mol. The van der Waals surface area contributed by atoms with Crippen molar-refractivity contribution in [2.45, 2.75) is 6.92 Å². The minimum absolute atomic E-state index is 0.586. The van der Waals surface area contributed by atoms with E-state index in [-0.39, 0.29) is 0 Å². The van der Waals surface area contributed by atoms with Gasteiger partial charge in [-0.1, -0.05) is 0 Å². The third-order valence-corrected chi connectivity index (χ3v) is 3.26. The van der Waals surface area contributed by atoms with Crippen LogP contribution in [0.25, 0.3) is 0 Å². The summed E-state index contributed by atoms with van der Waals surface area (Å²) < 4.78 is 15.7. The molecule has 0 bridgehead atoms. The second-order valence-electron chi connectivity index (χ2n) is 4.60. The van der Waals surface area contributed by atoms with Crippen LogP contribution < -0.4 is 25.3 Å². The number of nitrogens with one attached hydrogen (secondary N) is 1. The van der Waals surface area contributed by atoms with Crippen LogP contribution in [0.2, 0.25) is 0 Å². The van der Waals surface area contributed by atoms with Gasteiger partial charge in [-0.15, -0.1) is 0 Å². The van der Waals surface area contributed by atoms with Crippen molar-refractivity contribution in [1.82, 2.24) is 0 Å². The standard InChI is InChI=1S/C16H20N2O3/c1-10-7-11(19-2)5-6-13(10)18-14-9-16(21-4)15(20-3)8-12(14)17/h5-9,18H,17H2,1-4H3. The van der Waals surface area contributed by atoms with Crippen molar-refractivity contribution in [3.63, 3.8) is 0 Å². The van der Waals surface area contributed by atoms with Gasteiger partial charge in [0.25, 0.3) is 0 Å². The lowest BCUT2D eigenvalue weighted by Gasteiger charge is -2.15. The summed E-state index contributed by atoms with van der Waals surface area (Å²) in [5.41, 5.74) is 9.41. The molecule has 0 fully saturated rings. The molecule has 112 valence electrons. The maximum absolute atomic E-state index is 6.05. The lowest BCUT2D eigenvalue weighted by Crippen LogP contribution is -2.00. The predicted molar refractivity (Wildman–Crippen MR) is 85.0 cm³/mol. The van der Waals surface area contributed by atoms with Gasteiger partial charge >= 0.3 is 0 Å². The van der Waals surface area contributed by atoms with Crippen LogP contribution >= 0.6 is 0 Å². The van der Waals surface area contributed by atoms with Crippen LogP contribution in [-0.2, 0) is 0 Å². The van der Waals surface area contributed by atoms with E-state index >= 15 is 0 Å². The molecule has 2 aromatic carbocycles. The Balaban J connectivity index is 2.35. The van der Waals surface area contributed by atoms with Gasteiger partial charge in [0.05, 0.1) is 32.7 Å². The number of aryl methyl sites for hydroxylation is 1. The zero-order chi connectivity index (χ0) is 15.4. The van der Waals surface area contributed by atoms with Crippen molar-refractivity contribution < 1.29 is 14.2 Å². The summed E-state index contributed by atoms with van der Waals surface area (Å²) in [6, 6.07) is 9.35. The maximum atomic E-state index is 6.05. The molecule has 0 aliphatic carbocycles. The molecule has 0 unspecified atom stereocenters. The van der Waals surface area contributed by atoms with Gasteiger partial charge in [0, 0.05) is 17.8 Å². The Morgan fingerprint density at radius 1 is 0.857 bits per heavy atom. The minimum atomic E-state index is 0.586. The summed E-state index contributed by atoms with van der Waals surface area (Å²) in [5.74, 6) is 2.05. The zero-order valence-corrected chi connectivity index (χ0v) is 12.7. The first-order chi connectivity index (χ1) is 10.1. The lowest BCUT2D eigenvalue weighted by atomic mass is 10.1. The fraction of sp³-hybridized carbons (Fsp3) is 0.250. The lowest BCUT2D eigenvalue weighted by molar-refractivity contribution is 0.355. The topological polar surface area (TPSA) is 65.7 Å². The van der Waals surface area contributed by atoms with E-state index in [4.69, 9.17) is 19.9 Å². The molecule has 2 rings (SSSR count).